The Morgan fingerprint density at radius 1 is 1.17 bits per heavy atom. The molecule has 3 heterocycles. The number of carbonyl (C=O) groups is 1. The molecule has 0 aliphatic carbocycles. The zero-order chi connectivity index (χ0) is 20.1. The van der Waals surface area contributed by atoms with Crippen molar-refractivity contribution in [2.75, 3.05) is 20.2 Å². The van der Waals surface area contributed by atoms with Gasteiger partial charge < -0.3 is 9.64 Å². The number of amides is 1. The fourth-order valence-electron chi connectivity index (χ4n) is 3.73. The van der Waals surface area contributed by atoms with Crippen molar-refractivity contribution in [3.05, 3.63) is 72.4 Å². The summed E-state index contributed by atoms with van der Waals surface area (Å²) < 4.78 is 5.32. The molecule has 1 fully saturated rings. The molecule has 0 bridgehead atoms. The zero-order valence-corrected chi connectivity index (χ0v) is 16.5. The van der Waals surface area contributed by atoms with E-state index in [1.165, 1.54) is 0 Å². The number of methoxy groups -OCH3 is 1. The Hall–Kier alpha value is -3.28. The van der Waals surface area contributed by atoms with Gasteiger partial charge in [0.2, 0.25) is 5.91 Å². The van der Waals surface area contributed by atoms with Crippen LogP contribution < -0.4 is 4.74 Å². The van der Waals surface area contributed by atoms with Crippen LogP contribution in [0.3, 0.4) is 0 Å². The molecule has 1 aliphatic heterocycles. The lowest BCUT2D eigenvalue weighted by Gasteiger charge is -2.32. The number of ether oxygens (including phenoxy) is 1. The maximum Gasteiger partial charge on any atom is 0.227 e. The van der Waals surface area contributed by atoms with Gasteiger partial charge in [0.1, 0.15) is 5.75 Å². The fraction of sp³-hybridized carbons (Fsp3) is 0.304. The summed E-state index contributed by atoms with van der Waals surface area (Å²) >= 11 is 0. The molecule has 1 atom stereocenters. The highest BCUT2D eigenvalue weighted by atomic mass is 16.5. The van der Waals surface area contributed by atoms with E-state index < -0.39 is 0 Å². The lowest BCUT2D eigenvalue weighted by atomic mass is 9.94. The molecular formula is C23H24N4O2. The molecule has 4 rings (SSSR count). The topological polar surface area (TPSA) is 68.2 Å². The third-order valence-electron chi connectivity index (χ3n) is 5.32. The molecule has 1 saturated heterocycles. The smallest absolute Gasteiger partial charge is 0.227 e. The lowest BCUT2D eigenvalue weighted by Crippen LogP contribution is -2.40. The van der Waals surface area contributed by atoms with Crippen LogP contribution in [0.4, 0.5) is 0 Å². The van der Waals surface area contributed by atoms with Crippen LogP contribution in [0.1, 0.15) is 30.0 Å². The summed E-state index contributed by atoms with van der Waals surface area (Å²) in [6.07, 6.45) is 9.43. The van der Waals surface area contributed by atoms with Gasteiger partial charge >= 0.3 is 0 Å². The fourth-order valence-corrected chi connectivity index (χ4v) is 3.73. The Bertz CT molecular complexity index is 977. The van der Waals surface area contributed by atoms with Gasteiger partial charge in [-0.05, 0) is 42.7 Å². The van der Waals surface area contributed by atoms with Gasteiger partial charge in [-0.15, -0.1) is 0 Å². The largest absolute Gasteiger partial charge is 0.497 e. The van der Waals surface area contributed by atoms with Gasteiger partial charge in [0.25, 0.3) is 0 Å². The minimum Gasteiger partial charge on any atom is -0.497 e. The second kappa shape index (κ2) is 8.82. The Morgan fingerprint density at radius 3 is 2.86 bits per heavy atom. The number of likely N-dealkylation sites (tertiary alicyclic amines) is 1. The maximum atomic E-state index is 12.8. The van der Waals surface area contributed by atoms with Gasteiger partial charge in [0.05, 0.1) is 31.1 Å². The van der Waals surface area contributed by atoms with Crippen LogP contribution in [0, 0.1) is 0 Å². The molecule has 148 valence electrons. The molecule has 0 radical (unpaired) electrons. The van der Waals surface area contributed by atoms with Crippen molar-refractivity contribution in [2.24, 2.45) is 0 Å². The van der Waals surface area contributed by atoms with Gasteiger partial charge in [-0.3, -0.25) is 14.8 Å². The van der Waals surface area contributed by atoms with Crippen molar-refractivity contribution in [1.82, 2.24) is 19.9 Å². The van der Waals surface area contributed by atoms with Crippen LogP contribution in [0.5, 0.6) is 5.75 Å². The van der Waals surface area contributed by atoms with Gasteiger partial charge in [-0.1, -0.05) is 12.1 Å². The van der Waals surface area contributed by atoms with Crippen LogP contribution >= 0.6 is 0 Å². The van der Waals surface area contributed by atoms with E-state index in [0.717, 1.165) is 47.7 Å². The highest BCUT2D eigenvalue weighted by Gasteiger charge is 2.26. The van der Waals surface area contributed by atoms with Crippen molar-refractivity contribution in [3.8, 4) is 17.0 Å². The summed E-state index contributed by atoms with van der Waals surface area (Å²) in [5.41, 5.74) is 3.72. The number of hydrogen-bond donors (Lipinski definition) is 0. The number of benzene rings is 1. The number of rotatable bonds is 5. The Balaban J connectivity index is 1.49. The van der Waals surface area contributed by atoms with Crippen molar-refractivity contribution in [1.29, 1.82) is 0 Å². The van der Waals surface area contributed by atoms with E-state index in [9.17, 15) is 4.79 Å². The molecule has 1 unspecified atom stereocenters. The van der Waals surface area contributed by atoms with Crippen LogP contribution in [0.25, 0.3) is 11.3 Å². The number of hydrogen-bond acceptors (Lipinski definition) is 5. The maximum absolute atomic E-state index is 12.8. The summed E-state index contributed by atoms with van der Waals surface area (Å²) in [6, 6.07) is 11.6. The lowest BCUT2D eigenvalue weighted by molar-refractivity contribution is -0.131. The van der Waals surface area contributed by atoms with Crippen molar-refractivity contribution >= 4 is 5.91 Å². The van der Waals surface area contributed by atoms with Gasteiger partial charge in [0.15, 0.2) is 0 Å². The molecule has 1 amide bonds. The molecule has 0 saturated carbocycles. The van der Waals surface area contributed by atoms with E-state index in [-0.39, 0.29) is 11.8 Å². The first-order chi connectivity index (χ1) is 14.2. The summed E-state index contributed by atoms with van der Waals surface area (Å²) in [5, 5.41) is 0. The van der Waals surface area contributed by atoms with Crippen molar-refractivity contribution in [3.63, 3.8) is 0 Å². The third-order valence-corrected chi connectivity index (χ3v) is 5.32. The number of piperidine rings is 1. The Morgan fingerprint density at radius 2 is 2.03 bits per heavy atom. The number of nitrogens with zero attached hydrogens (tertiary/aromatic N) is 4. The molecule has 3 aromatic rings. The van der Waals surface area contributed by atoms with E-state index >= 15 is 0 Å². The van der Waals surface area contributed by atoms with Gasteiger partial charge in [-0.2, -0.15) is 0 Å². The molecule has 6 nitrogen and oxygen atoms in total. The summed E-state index contributed by atoms with van der Waals surface area (Å²) in [4.78, 5) is 28.0. The molecule has 1 aromatic carbocycles. The first-order valence-corrected chi connectivity index (χ1v) is 9.86. The summed E-state index contributed by atoms with van der Waals surface area (Å²) in [5.74, 6) is 1.14. The quantitative estimate of drug-likeness (QED) is 0.669. The SMILES string of the molecule is COc1cccc(-c2cncc(C3CCCN(C(=O)Cc4ccncc4)C3)n2)c1. The predicted molar refractivity (Wildman–Crippen MR) is 111 cm³/mol. The summed E-state index contributed by atoms with van der Waals surface area (Å²) in [6.45, 7) is 1.48. The van der Waals surface area contributed by atoms with Crippen LogP contribution in [0.2, 0.25) is 0 Å². The van der Waals surface area contributed by atoms with E-state index in [0.29, 0.717) is 13.0 Å². The average Bonchev–Trinajstić information content (AvgIpc) is 2.80. The molecule has 0 spiro atoms. The molecule has 1 aliphatic rings. The molecule has 0 N–H and O–H groups in total. The predicted octanol–water partition coefficient (Wildman–Crippen LogP) is 3.50. The van der Waals surface area contributed by atoms with E-state index in [1.54, 1.807) is 25.7 Å². The second-order valence-electron chi connectivity index (χ2n) is 7.27. The zero-order valence-electron chi connectivity index (χ0n) is 16.5. The van der Waals surface area contributed by atoms with Crippen molar-refractivity contribution < 1.29 is 9.53 Å². The minimum atomic E-state index is 0.151. The third kappa shape index (κ3) is 4.59. The molecular weight excluding hydrogens is 364 g/mol. The van der Waals surface area contributed by atoms with Crippen LogP contribution in [-0.4, -0.2) is 46.0 Å². The minimum absolute atomic E-state index is 0.151. The highest BCUT2D eigenvalue weighted by molar-refractivity contribution is 5.79. The van der Waals surface area contributed by atoms with Crippen LogP contribution in [-0.2, 0) is 11.2 Å². The van der Waals surface area contributed by atoms with E-state index in [2.05, 4.69) is 9.97 Å². The number of pyridine rings is 1. The molecule has 6 heteroatoms. The Labute approximate surface area is 170 Å². The summed E-state index contributed by atoms with van der Waals surface area (Å²) in [7, 11) is 1.65. The van der Waals surface area contributed by atoms with E-state index in [1.807, 2.05) is 47.5 Å². The number of carbonyl (C=O) groups excluding carboxylic acids is 1. The second-order valence-corrected chi connectivity index (χ2v) is 7.27. The first kappa shape index (κ1) is 19.1. The Kier molecular flexibility index (Phi) is 5.79. The highest BCUT2D eigenvalue weighted by Crippen LogP contribution is 2.28. The number of aromatic nitrogens is 3. The molecule has 29 heavy (non-hydrogen) atoms. The average molecular weight is 388 g/mol. The van der Waals surface area contributed by atoms with E-state index in [4.69, 9.17) is 9.72 Å². The normalized spacial score (nSPS) is 16.4. The van der Waals surface area contributed by atoms with Gasteiger partial charge in [0, 0.05) is 43.2 Å². The molecule has 2 aromatic heterocycles. The van der Waals surface area contributed by atoms with Gasteiger partial charge in [-0.25, -0.2) is 4.98 Å². The monoisotopic (exact) mass is 388 g/mol. The van der Waals surface area contributed by atoms with Crippen molar-refractivity contribution in [2.45, 2.75) is 25.2 Å². The van der Waals surface area contributed by atoms with Crippen LogP contribution in [0.15, 0.2) is 61.2 Å². The standard InChI is InChI=1S/C23H24N4O2/c1-29-20-6-2-4-18(13-20)21-14-25-15-22(26-21)19-5-3-11-27(16-19)23(28)12-17-7-9-24-10-8-17/h2,4,6-10,13-15,19H,3,5,11-12,16H2,1H3. The first-order valence-electron chi connectivity index (χ1n) is 9.86.